The van der Waals surface area contributed by atoms with Crippen LogP contribution in [-0.4, -0.2) is 37.3 Å². The van der Waals surface area contributed by atoms with Crippen LogP contribution in [0.2, 0.25) is 0 Å². The van der Waals surface area contributed by atoms with Crippen molar-refractivity contribution in [3.05, 3.63) is 90.0 Å². The average molecular weight is 473 g/mol. The smallest absolute Gasteiger partial charge is 0.234 e. The van der Waals surface area contributed by atoms with Gasteiger partial charge in [-0.1, -0.05) is 54.2 Å². The van der Waals surface area contributed by atoms with Crippen molar-refractivity contribution in [2.24, 2.45) is 0 Å². The molecule has 0 spiro atoms. The van der Waals surface area contributed by atoms with Crippen molar-refractivity contribution in [2.75, 3.05) is 11.1 Å². The minimum Gasteiger partial charge on any atom is -0.507 e. The minimum absolute atomic E-state index is 0.0245. The van der Waals surface area contributed by atoms with Gasteiger partial charge in [-0.3, -0.25) is 9.59 Å². The molecule has 1 aromatic heterocycles. The Morgan fingerprint density at radius 3 is 2.35 bits per heavy atom. The number of phenols is 1. The first-order valence-electron chi connectivity index (χ1n) is 10.8. The van der Waals surface area contributed by atoms with Gasteiger partial charge in [-0.25, -0.2) is 0 Å². The number of nitrogens with zero attached hydrogens (tertiary/aromatic N) is 3. The van der Waals surface area contributed by atoms with E-state index in [1.165, 1.54) is 24.2 Å². The van der Waals surface area contributed by atoms with Crippen molar-refractivity contribution in [1.29, 1.82) is 0 Å². The molecule has 0 atom stereocenters. The fourth-order valence-corrected chi connectivity index (χ4v) is 4.22. The third kappa shape index (κ3) is 5.71. The SMILES string of the molecule is CC(=O)c1ccc(NC(=O)CSc2nnc(-c3ccccc3O)n2CCc2ccccc2)cc1. The summed E-state index contributed by atoms with van der Waals surface area (Å²) in [6.45, 7) is 2.10. The molecule has 0 radical (unpaired) electrons. The summed E-state index contributed by atoms with van der Waals surface area (Å²) < 4.78 is 1.93. The molecular weight excluding hydrogens is 448 g/mol. The van der Waals surface area contributed by atoms with E-state index < -0.39 is 0 Å². The van der Waals surface area contributed by atoms with Gasteiger partial charge in [0.2, 0.25) is 5.91 Å². The van der Waals surface area contributed by atoms with E-state index in [1.807, 2.05) is 28.8 Å². The van der Waals surface area contributed by atoms with Crippen molar-refractivity contribution in [1.82, 2.24) is 14.8 Å². The van der Waals surface area contributed by atoms with Crippen molar-refractivity contribution in [3.8, 4) is 17.1 Å². The van der Waals surface area contributed by atoms with E-state index in [1.54, 1.807) is 42.5 Å². The molecule has 7 nitrogen and oxygen atoms in total. The predicted molar refractivity (Wildman–Crippen MR) is 133 cm³/mol. The summed E-state index contributed by atoms with van der Waals surface area (Å²) in [4.78, 5) is 23.9. The normalized spacial score (nSPS) is 10.7. The van der Waals surface area contributed by atoms with E-state index >= 15 is 0 Å². The molecule has 3 aromatic carbocycles. The van der Waals surface area contributed by atoms with E-state index in [4.69, 9.17) is 0 Å². The van der Waals surface area contributed by atoms with Gasteiger partial charge in [0.1, 0.15) is 5.75 Å². The lowest BCUT2D eigenvalue weighted by molar-refractivity contribution is -0.113. The number of anilines is 1. The zero-order valence-electron chi connectivity index (χ0n) is 18.6. The van der Waals surface area contributed by atoms with Gasteiger partial charge < -0.3 is 15.0 Å². The van der Waals surface area contributed by atoms with Crippen LogP contribution in [0.15, 0.2) is 84.0 Å². The van der Waals surface area contributed by atoms with Crippen LogP contribution in [0.4, 0.5) is 5.69 Å². The number of carbonyl (C=O) groups excluding carboxylic acids is 2. The summed E-state index contributed by atoms with van der Waals surface area (Å²) in [6.07, 6.45) is 0.752. The number of rotatable bonds is 9. The number of amides is 1. The quantitative estimate of drug-likeness (QED) is 0.268. The van der Waals surface area contributed by atoms with E-state index in [9.17, 15) is 14.7 Å². The number of aryl methyl sites for hydroxylation is 1. The summed E-state index contributed by atoms with van der Waals surface area (Å²) in [6, 6.07) is 23.9. The number of benzene rings is 3. The third-order valence-corrected chi connectivity index (χ3v) is 6.20. The molecule has 0 bridgehead atoms. The number of ketones is 1. The number of nitrogens with one attached hydrogen (secondary N) is 1. The lowest BCUT2D eigenvalue weighted by Gasteiger charge is -2.11. The van der Waals surface area contributed by atoms with E-state index in [0.29, 0.717) is 34.3 Å². The highest BCUT2D eigenvalue weighted by Gasteiger charge is 2.18. The second kappa shape index (κ2) is 10.8. The molecule has 0 saturated carbocycles. The molecular formula is C26H24N4O3S. The van der Waals surface area contributed by atoms with Gasteiger partial charge in [-0.15, -0.1) is 10.2 Å². The Labute approximate surface area is 201 Å². The Morgan fingerprint density at radius 2 is 1.65 bits per heavy atom. The minimum atomic E-state index is -0.192. The number of Topliss-reactive ketones (excluding diaryl/α,β-unsaturated/α-hetero) is 1. The number of hydrogen-bond acceptors (Lipinski definition) is 6. The Kier molecular flexibility index (Phi) is 7.39. The second-order valence-electron chi connectivity index (χ2n) is 7.68. The molecule has 4 aromatic rings. The van der Waals surface area contributed by atoms with Crippen LogP contribution < -0.4 is 5.32 Å². The first-order valence-corrected chi connectivity index (χ1v) is 11.8. The largest absolute Gasteiger partial charge is 0.507 e. The lowest BCUT2D eigenvalue weighted by atomic mass is 10.1. The molecule has 4 rings (SSSR count). The molecule has 8 heteroatoms. The van der Waals surface area contributed by atoms with Gasteiger partial charge in [0.05, 0.1) is 11.3 Å². The summed E-state index contributed by atoms with van der Waals surface area (Å²) in [5.41, 5.74) is 2.97. The third-order valence-electron chi connectivity index (χ3n) is 5.24. The number of thioether (sulfide) groups is 1. The van der Waals surface area contributed by atoms with Gasteiger partial charge in [-0.05, 0) is 55.3 Å². The first-order chi connectivity index (χ1) is 16.5. The Balaban J connectivity index is 1.49. The molecule has 172 valence electrons. The lowest BCUT2D eigenvalue weighted by Crippen LogP contribution is -2.15. The van der Waals surface area contributed by atoms with Crippen LogP contribution in [-0.2, 0) is 17.8 Å². The number of aromatic nitrogens is 3. The highest BCUT2D eigenvalue weighted by atomic mass is 32.2. The topological polar surface area (TPSA) is 97.1 Å². The average Bonchev–Trinajstić information content (AvgIpc) is 3.25. The standard InChI is InChI=1S/C26H24N4O3S/c1-18(31)20-11-13-21(14-12-20)27-24(33)17-34-26-29-28-25(22-9-5-6-10-23(22)32)30(26)16-15-19-7-3-2-4-8-19/h2-14,32H,15-17H2,1H3,(H,27,33). The van der Waals surface area contributed by atoms with Gasteiger partial charge in [0.15, 0.2) is 16.8 Å². The zero-order valence-corrected chi connectivity index (χ0v) is 19.5. The Morgan fingerprint density at radius 1 is 0.941 bits per heavy atom. The number of hydrogen-bond donors (Lipinski definition) is 2. The van der Waals surface area contributed by atoms with Crippen molar-refractivity contribution in [3.63, 3.8) is 0 Å². The van der Waals surface area contributed by atoms with Crippen LogP contribution in [0.1, 0.15) is 22.8 Å². The second-order valence-corrected chi connectivity index (χ2v) is 8.62. The van der Waals surface area contributed by atoms with Crippen molar-refractivity contribution < 1.29 is 14.7 Å². The molecule has 0 aliphatic heterocycles. The molecule has 0 saturated heterocycles. The molecule has 0 unspecified atom stereocenters. The van der Waals surface area contributed by atoms with E-state index in [-0.39, 0.29) is 23.2 Å². The fraction of sp³-hybridized carbons (Fsp3) is 0.154. The zero-order chi connectivity index (χ0) is 23.9. The summed E-state index contributed by atoms with van der Waals surface area (Å²) in [5, 5.41) is 22.4. The van der Waals surface area contributed by atoms with Crippen LogP contribution >= 0.6 is 11.8 Å². The number of para-hydroxylation sites is 1. The molecule has 0 aliphatic rings. The highest BCUT2D eigenvalue weighted by Crippen LogP contribution is 2.30. The maximum Gasteiger partial charge on any atom is 0.234 e. The highest BCUT2D eigenvalue weighted by molar-refractivity contribution is 7.99. The predicted octanol–water partition coefficient (Wildman–Crippen LogP) is 4.83. The van der Waals surface area contributed by atoms with Crippen molar-refractivity contribution in [2.45, 2.75) is 25.0 Å². The van der Waals surface area contributed by atoms with Gasteiger partial charge in [0, 0.05) is 17.8 Å². The van der Waals surface area contributed by atoms with Crippen molar-refractivity contribution >= 4 is 29.1 Å². The molecule has 34 heavy (non-hydrogen) atoms. The summed E-state index contributed by atoms with van der Waals surface area (Å²) in [5.74, 6) is 0.598. The van der Waals surface area contributed by atoms with Crippen LogP contribution in [0.5, 0.6) is 5.75 Å². The molecule has 0 aliphatic carbocycles. The molecule has 1 heterocycles. The number of aromatic hydroxyl groups is 1. The number of phenolic OH excluding ortho intramolecular Hbond substituents is 1. The Bertz CT molecular complexity index is 1290. The van der Waals surface area contributed by atoms with Crippen LogP contribution in [0.3, 0.4) is 0 Å². The fourth-order valence-electron chi connectivity index (χ4n) is 3.46. The molecule has 2 N–H and O–H groups in total. The summed E-state index contributed by atoms with van der Waals surface area (Å²) >= 11 is 1.28. The van der Waals surface area contributed by atoms with Gasteiger partial charge >= 0.3 is 0 Å². The summed E-state index contributed by atoms with van der Waals surface area (Å²) in [7, 11) is 0. The molecule has 0 fully saturated rings. The monoisotopic (exact) mass is 472 g/mol. The first kappa shape index (κ1) is 23.3. The number of carbonyl (C=O) groups is 2. The maximum absolute atomic E-state index is 12.5. The Hall–Kier alpha value is -3.91. The molecule has 1 amide bonds. The van der Waals surface area contributed by atoms with Gasteiger partial charge in [0.25, 0.3) is 0 Å². The van der Waals surface area contributed by atoms with Crippen LogP contribution in [0, 0.1) is 0 Å². The van der Waals surface area contributed by atoms with E-state index in [2.05, 4.69) is 27.6 Å². The van der Waals surface area contributed by atoms with Gasteiger partial charge in [-0.2, -0.15) is 0 Å². The van der Waals surface area contributed by atoms with E-state index in [0.717, 1.165) is 6.42 Å². The maximum atomic E-state index is 12.5. The van der Waals surface area contributed by atoms with Crippen LogP contribution in [0.25, 0.3) is 11.4 Å².